The minimum absolute atomic E-state index is 0.137. The van der Waals surface area contributed by atoms with E-state index < -0.39 is 17.4 Å². The molecule has 0 saturated heterocycles. The number of dihydropyridines is 1. The van der Waals surface area contributed by atoms with Crippen molar-refractivity contribution in [3.05, 3.63) is 105 Å². The Labute approximate surface area is 250 Å². The van der Waals surface area contributed by atoms with E-state index in [4.69, 9.17) is 27.1 Å². The lowest BCUT2D eigenvalue weighted by atomic mass is 9.78. The van der Waals surface area contributed by atoms with Crippen molar-refractivity contribution in [3.8, 4) is 5.88 Å². The fourth-order valence-corrected chi connectivity index (χ4v) is 6.50. The summed E-state index contributed by atoms with van der Waals surface area (Å²) in [5, 5.41) is 4.70. The zero-order chi connectivity index (χ0) is 30.2. The second-order valence-electron chi connectivity index (χ2n) is 9.94. The molecule has 0 fully saturated rings. The van der Waals surface area contributed by atoms with Gasteiger partial charge in [-0.1, -0.05) is 48.5 Å². The van der Waals surface area contributed by atoms with Gasteiger partial charge in [-0.3, -0.25) is 4.99 Å². The minimum Gasteiger partial charge on any atom is -0.481 e. The number of ether oxygens (including phenoxy) is 1. The van der Waals surface area contributed by atoms with Crippen LogP contribution in [0.15, 0.2) is 89.2 Å². The van der Waals surface area contributed by atoms with Crippen LogP contribution in [0.3, 0.4) is 0 Å². The molecule has 2 aromatic heterocycles. The third-order valence-corrected chi connectivity index (χ3v) is 8.90. The summed E-state index contributed by atoms with van der Waals surface area (Å²) in [7, 11) is 4.89. The highest BCUT2D eigenvalue weighted by molar-refractivity contribution is 7.19. The number of fused-ring (bicyclic) bond motifs is 2. The Morgan fingerprint density at radius 1 is 1.24 bits per heavy atom. The van der Waals surface area contributed by atoms with Crippen LogP contribution in [0.25, 0.3) is 21.0 Å². The highest BCUT2D eigenvalue weighted by Crippen LogP contribution is 2.41. The number of benzene rings is 2. The molecule has 1 aliphatic heterocycles. The standard InChI is InChI=1S/C31H29ClF3N5OS/c1-18(40(3)17-37-2)30(36,21-10-12-27(38-16-21)31(33,34)35)20-9-11-25-23(14-20)28(32)24(29(39-25)41-4)15-22-13-19-7-5-6-8-26(19)42-22/h5-14,17,38H,1,15-16,36H2,2-4H3/b37-17-. The lowest BCUT2D eigenvalue weighted by molar-refractivity contribution is -0.0967. The van der Waals surface area contributed by atoms with Crippen LogP contribution in [0.1, 0.15) is 16.0 Å². The number of hydrogen-bond acceptors (Lipinski definition) is 6. The summed E-state index contributed by atoms with van der Waals surface area (Å²) in [6.45, 7) is 4.08. The van der Waals surface area contributed by atoms with Crippen LogP contribution in [0.2, 0.25) is 5.02 Å². The average Bonchev–Trinajstić information content (AvgIpc) is 3.40. The van der Waals surface area contributed by atoms with Crippen LogP contribution in [-0.2, 0) is 12.0 Å². The third kappa shape index (κ3) is 5.37. The summed E-state index contributed by atoms with van der Waals surface area (Å²) in [6, 6.07) is 15.6. The maximum absolute atomic E-state index is 13.3. The number of nitrogens with one attached hydrogen (secondary N) is 1. The van der Waals surface area contributed by atoms with Gasteiger partial charge < -0.3 is 20.7 Å². The minimum atomic E-state index is -4.51. The van der Waals surface area contributed by atoms with Crippen molar-refractivity contribution in [3.63, 3.8) is 0 Å². The number of likely N-dealkylation sites (N-methyl/N-ethyl adjacent to an activating group) is 1. The van der Waals surface area contributed by atoms with Gasteiger partial charge in [0.2, 0.25) is 5.88 Å². The van der Waals surface area contributed by atoms with Gasteiger partial charge in [0.05, 0.1) is 24.0 Å². The van der Waals surface area contributed by atoms with Crippen molar-refractivity contribution < 1.29 is 17.9 Å². The number of halogens is 4. The Morgan fingerprint density at radius 3 is 2.64 bits per heavy atom. The van der Waals surface area contributed by atoms with E-state index in [2.05, 4.69) is 35.1 Å². The van der Waals surface area contributed by atoms with Gasteiger partial charge in [0.1, 0.15) is 11.2 Å². The quantitative estimate of drug-likeness (QED) is 0.167. The molecule has 218 valence electrons. The van der Waals surface area contributed by atoms with Gasteiger partial charge in [-0.05, 0) is 46.9 Å². The summed E-state index contributed by atoms with van der Waals surface area (Å²) in [5.41, 5.74) is 7.66. The summed E-state index contributed by atoms with van der Waals surface area (Å²) in [5.74, 6) is 0.420. The first-order chi connectivity index (χ1) is 20.0. The maximum Gasteiger partial charge on any atom is 0.430 e. The van der Waals surface area contributed by atoms with E-state index in [1.165, 1.54) is 10.8 Å². The summed E-state index contributed by atoms with van der Waals surface area (Å²) in [6.07, 6.45) is -0.0718. The molecule has 6 nitrogen and oxygen atoms in total. The number of methoxy groups -OCH3 is 1. The van der Waals surface area contributed by atoms with Gasteiger partial charge in [0.25, 0.3) is 0 Å². The van der Waals surface area contributed by atoms with Gasteiger partial charge in [-0.15, -0.1) is 11.3 Å². The number of alkyl halides is 3. The Hall–Kier alpha value is -3.86. The van der Waals surface area contributed by atoms with Crippen LogP contribution in [0.5, 0.6) is 5.88 Å². The van der Waals surface area contributed by atoms with Crippen molar-refractivity contribution in [1.82, 2.24) is 15.2 Å². The maximum atomic E-state index is 13.3. The molecule has 1 unspecified atom stereocenters. The Balaban J connectivity index is 1.65. The number of aliphatic imine (C=N–C) groups is 1. The zero-order valence-electron chi connectivity index (χ0n) is 23.2. The van der Waals surface area contributed by atoms with E-state index in [0.717, 1.165) is 21.9 Å². The molecule has 42 heavy (non-hydrogen) atoms. The van der Waals surface area contributed by atoms with Gasteiger partial charge in [0.15, 0.2) is 0 Å². The number of thiophene rings is 1. The first-order valence-electron chi connectivity index (χ1n) is 13.0. The molecule has 3 heterocycles. The first-order valence-corrected chi connectivity index (χ1v) is 14.2. The van der Waals surface area contributed by atoms with Crippen LogP contribution in [0, 0.1) is 0 Å². The van der Waals surface area contributed by atoms with Crippen molar-refractivity contribution in [2.24, 2.45) is 10.7 Å². The van der Waals surface area contributed by atoms with E-state index in [9.17, 15) is 13.2 Å². The van der Waals surface area contributed by atoms with E-state index in [0.29, 0.717) is 45.1 Å². The Morgan fingerprint density at radius 2 is 2.00 bits per heavy atom. The topological polar surface area (TPSA) is 75.8 Å². The van der Waals surface area contributed by atoms with Crippen molar-refractivity contribution in [2.45, 2.75) is 18.1 Å². The molecule has 4 aromatic rings. The molecule has 0 bridgehead atoms. The van der Waals surface area contributed by atoms with Gasteiger partial charge in [-0.2, -0.15) is 13.2 Å². The smallest absolute Gasteiger partial charge is 0.430 e. The zero-order valence-corrected chi connectivity index (χ0v) is 24.8. The number of aromatic nitrogens is 1. The SMILES string of the molecule is C=C(N(C)/C=N\C)C(N)(C1=CC=C(C(F)(F)F)NC1)c1ccc2nc(OC)c(Cc3cc4ccccc4s3)c(Cl)c2c1. The number of pyridine rings is 1. The Bertz CT molecular complexity index is 1740. The molecular weight excluding hydrogens is 583 g/mol. The van der Waals surface area contributed by atoms with E-state index in [1.54, 1.807) is 55.9 Å². The Kier molecular flexibility index (Phi) is 8.06. The lowest BCUT2D eigenvalue weighted by Gasteiger charge is -2.39. The highest BCUT2D eigenvalue weighted by atomic mass is 35.5. The molecule has 1 aliphatic rings. The normalized spacial score (nSPS) is 15.3. The van der Waals surface area contributed by atoms with E-state index >= 15 is 0 Å². The molecular formula is C31H29ClF3N5OS. The van der Waals surface area contributed by atoms with Crippen LogP contribution >= 0.6 is 22.9 Å². The summed E-state index contributed by atoms with van der Waals surface area (Å²) in [4.78, 5) is 11.5. The van der Waals surface area contributed by atoms with Gasteiger partial charge in [-0.25, -0.2) is 4.98 Å². The molecule has 11 heteroatoms. The summed E-state index contributed by atoms with van der Waals surface area (Å²) >= 11 is 8.75. The molecule has 0 amide bonds. The van der Waals surface area contributed by atoms with Crippen molar-refractivity contribution >= 4 is 50.3 Å². The number of nitrogens with two attached hydrogens (primary N) is 1. The lowest BCUT2D eigenvalue weighted by Crippen LogP contribution is -2.48. The number of rotatable bonds is 8. The third-order valence-electron chi connectivity index (χ3n) is 7.36. The molecule has 0 spiro atoms. The second-order valence-corrected chi connectivity index (χ2v) is 11.5. The van der Waals surface area contributed by atoms with Crippen molar-refractivity contribution in [2.75, 3.05) is 27.7 Å². The molecule has 5 rings (SSSR count). The number of allylic oxidation sites excluding steroid dienone is 3. The van der Waals surface area contributed by atoms with Crippen LogP contribution in [0.4, 0.5) is 13.2 Å². The fraction of sp³-hybridized carbons (Fsp3) is 0.226. The van der Waals surface area contributed by atoms with E-state index in [-0.39, 0.29) is 6.54 Å². The van der Waals surface area contributed by atoms with Gasteiger partial charge in [0, 0.05) is 53.3 Å². The summed E-state index contributed by atoms with van der Waals surface area (Å²) < 4.78 is 46.8. The highest BCUT2D eigenvalue weighted by Gasteiger charge is 2.41. The predicted molar refractivity (Wildman–Crippen MR) is 165 cm³/mol. The van der Waals surface area contributed by atoms with Crippen LogP contribution in [-0.4, -0.2) is 50.1 Å². The number of hydrogen-bond donors (Lipinski definition) is 2. The molecule has 1 atom stereocenters. The largest absolute Gasteiger partial charge is 0.481 e. The molecule has 0 saturated carbocycles. The molecule has 0 radical (unpaired) electrons. The monoisotopic (exact) mass is 611 g/mol. The predicted octanol–water partition coefficient (Wildman–Crippen LogP) is 6.94. The van der Waals surface area contributed by atoms with Gasteiger partial charge >= 0.3 is 6.18 Å². The second kappa shape index (κ2) is 11.4. The first kappa shape index (κ1) is 29.6. The molecule has 0 aliphatic carbocycles. The van der Waals surface area contributed by atoms with E-state index in [1.807, 2.05) is 18.2 Å². The number of nitrogens with zero attached hydrogens (tertiary/aromatic N) is 3. The van der Waals surface area contributed by atoms with Crippen molar-refractivity contribution in [1.29, 1.82) is 0 Å². The molecule has 3 N–H and O–H groups in total. The fourth-order valence-electron chi connectivity index (χ4n) is 5.12. The molecule has 2 aromatic carbocycles. The average molecular weight is 612 g/mol. The van der Waals surface area contributed by atoms with Crippen LogP contribution < -0.4 is 15.8 Å².